The van der Waals surface area contributed by atoms with Gasteiger partial charge in [-0.25, -0.2) is 0 Å². The maximum absolute atomic E-state index is 4.19. The summed E-state index contributed by atoms with van der Waals surface area (Å²) in [6, 6.07) is 0. The molecular weight excluding hydrogens is 252 g/mol. The van der Waals surface area contributed by atoms with E-state index >= 15 is 0 Å². The Morgan fingerprint density at radius 2 is 1.10 bits per heavy atom. The zero-order valence-corrected chi connectivity index (χ0v) is 16.0. The molecule has 0 N–H and O–H groups in total. The summed E-state index contributed by atoms with van der Waals surface area (Å²) in [5.74, 6) is 0.847. The van der Waals surface area contributed by atoms with Gasteiger partial charge < -0.3 is 0 Å². The summed E-state index contributed by atoms with van der Waals surface area (Å²) in [5, 5.41) is 0. The lowest BCUT2D eigenvalue weighted by atomic mass is 9.86. The van der Waals surface area contributed by atoms with Crippen molar-refractivity contribution in [3.05, 3.63) is 60.3 Å². The summed E-state index contributed by atoms with van der Waals surface area (Å²) >= 11 is 0. The summed E-state index contributed by atoms with van der Waals surface area (Å²) in [7, 11) is 0. The third-order valence-electron chi connectivity index (χ3n) is 2.91. The van der Waals surface area contributed by atoms with E-state index in [4.69, 9.17) is 0 Å². The van der Waals surface area contributed by atoms with Gasteiger partial charge in [-0.2, -0.15) is 0 Å². The topological polar surface area (TPSA) is 0 Å². The molecule has 0 heteroatoms. The van der Waals surface area contributed by atoms with Crippen molar-refractivity contribution in [1.82, 2.24) is 0 Å². The van der Waals surface area contributed by atoms with E-state index in [1.54, 1.807) is 0 Å². The van der Waals surface area contributed by atoms with E-state index in [1.165, 1.54) is 0 Å². The van der Waals surface area contributed by atoms with Crippen LogP contribution >= 0.6 is 0 Å². The lowest BCUT2D eigenvalue weighted by Crippen LogP contribution is -2.03. The molecule has 0 atom stereocenters. The van der Waals surface area contributed by atoms with Crippen LogP contribution in [-0.2, 0) is 0 Å². The van der Waals surface area contributed by atoms with E-state index in [2.05, 4.69) is 53.5 Å². The summed E-state index contributed by atoms with van der Waals surface area (Å²) in [6.45, 7) is 30.9. The average Bonchev–Trinajstić information content (AvgIpc) is 2.50. The molecule has 0 saturated carbocycles. The zero-order chi connectivity index (χ0) is 17.6. The van der Waals surface area contributed by atoms with E-state index < -0.39 is 0 Å². The van der Waals surface area contributed by atoms with Crippen molar-refractivity contribution < 1.29 is 0 Å². The molecule has 0 rings (SSSR count). The van der Waals surface area contributed by atoms with Gasteiger partial charge in [0.15, 0.2) is 0 Å². The zero-order valence-electron chi connectivity index (χ0n) is 16.0. The van der Waals surface area contributed by atoms with Crippen LogP contribution in [0.15, 0.2) is 60.3 Å². The largest absolute Gasteiger partial charge is 0.0984 e. The highest BCUT2D eigenvalue weighted by Crippen LogP contribution is 2.29. The van der Waals surface area contributed by atoms with Crippen molar-refractivity contribution in [2.75, 3.05) is 0 Å². The van der Waals surface area contributed by atoms with Gasteiger partial charge in [0.2, 0.25) is 0 Å². The van der Waals surface area contributed by atoms with Crippen LogP contribution in [0.4, 0.5) is 0 Å². The lowest BCUT2D eigenvalue weighted by molar-refractivity contribution is 0.769. The highest BCUT2D eigenvalue weighted by molar-refractivity contribution is 5.54. The minimum absolute atomic E-state index is 0.420. The third kappa shape index (κ3) is 9.28. The highest BCUT2D eigenvalue weighted by Gasteiger charge is 2.12. The minimum Gasteiger partial charge on any atom is -0.0984 e. The van der Waals surface area contributed by atoms with Crippen molar-refractivity contribution in [3.8, 4) is 0 Å². The Kier molecular flexibility index (Phi) is 17.8. The van der Waals surface area contributed by atoms with Crippen molar-refractivity contribution in [3.63, 3.8) is 0 Å². The van der Waals surface area contributed by atoms with Gasteiger partial charge in [0, 0.05) is 0 Å². The van der Waals surface area contributed by atoms with Crippen LogP contribution in [0.2, 0.25) is 0 Å². The van der Waals surface area contributed by atoms with Gasteiger partial charge in [-0.15, -0.1) is 0 Å². The first kappa shape index (κ1) is 24.7. The Morgan fingerprint density at radius 1 is 0.762 bits per heavy atom. The molecule has 0 saturated heterocycles. The molecule has 0 aromatic heterocycles. The molecule has 0 bridgehead atoms. The number of rotatable bonds is 6. The van der Waals surface area contributed by atoms with Gasteiger partial charge in [0.05, 0.1) is 0 Å². The maximum atomic E-state index is 4.19. The molecule has 0 nitrogen and oxygen atoms in total. The Bertz CT molecular complexity index is 359. The molecule has 0 aromatic rings. The molecule has 0 amide bonds. The van der Waals surface area contributed by atoms with Crippen LogP contribution in [-0.4, -0.2) is 0 Å². The molecule has 122 valence electrons. The first-order valence-electron chi connectivity index (χ1n) is 8.24. The number of hydrogen-bond acceptors (Lipinski definition) is 0. The molecule has 0 heterocycles. The van der Waals surface area contributed by atoms with E-state index in [0.29, 0.717) is 11.8 Å². The Balaban J connectivity index is -0.000000739. The molecule has 0 radical (unpaired) electrons. The first-order chi connectivity index (χ1) is 9.86. The smallest absolute Gasteiger partial charge is 0.0156 e. The molecule has 0 aliphatic heterocycles. The van der Waals surface area contributed by atoms with Gasteiger partial charge in [-0.3, -0.25) is 0 Å². The van der Waals surface area contributed by atoms with Gasteiger partial charge in [0.25, 0.3) is 0 Å². The van der Waals surface area contributed by atoms with Crippen molar-refractivity contribution in [2.45, 2.75) is 62.3 Å². The van der Waals surface area contributed by atoms with Crippen LogP contribution in [0, 0.1) is 11.8 Å². The third-order valence-corrected chi connectivity index (χ3v) is 2.91. The highest BCUT2D eigenvalue weighted by atomic mass is 14.2. The fraction of sp³-hybridized carbons (Fsp3) is 0.524. The van der Waals surface area contributed by atoms with Crippen LogP contribution in [0.1, 0.15) is 62.3 Å². The average molecular weight is 291 g/mol. The summed E-state index contributed by atoms with van der Waals surface area (Å²) in [5.41, 5.74) is 4.54. The molecule has 0 aliphatic carbocycles. The van der Waals surface area contributed by atoms with E-state index in [9.17, 15) is 0 Å². The first-order valence-corrected chi connectivity index (χ1v) is 8.24. The fourth-order valence-electron chi connectivity index (χ4n) is 1.57. The molecule has 21 heavy (non-hydrogen) atoms. The van der Waals surface area contributed by atoms with Gasteiger partial charge in [-0.1, -0.05) is 93.4 Å². The van der Waals surface area contributed by atoms with Crippen LogP contribution in [0.5, 0.6) is 0 Å². The second-order valence-electron chi connectivity index (χ2n) is 4.89. The SMILES string of the molecule is C=C/C(C(=C)C(C)C)=C(\C=C/C)C(=C)C(C)C.CC.CC. The summed E-state index contributed by atoms with van der Waals surface area (Å²) in [6.07, 6.45) is 6.04. The number of hydrogen-bond donors (Lipinski definition) is 0. The van der Waals surface area contributed by atoms with Crippen molar-refractivity contribution in [2.24, 2.45) is 11.8 Å². The molecule has 0 aromatic carbocycles. The predicted molar refractivity (Wildman–Crippen MR) is 103 cm³/mol. The quantitative estimate of drug-likeness (QED) is 0.444. The molecule has 0 unspecified atom stereocenters. The number of allylic oxidation sites excluding steroid dienone is 7. The maximum Gasteiger partial charge on any atom is -0.0156 e. The monoisotopic (exact) mass is 290 g/mol. The van der Waals surface area contributed by atoms with Crippen molar-refractivity contribution in [1.29, 1.82) is 0 Å². The Morgan fingerprint density at radius 3 is 1.33 bits per heavy atom. The molecule has 0 fully saturated rings. The van der Waals surface area contributed by atoms with Gasteiger partial charge >= 0.3 is 0 Å². The van der Waals surface area contributed by atoms with Crippen molar-refractivity contribution >= 4 is 0 Å². The van der Waals surface area contributed by atoms with Gasteiger partial charge in [0.1, 0.15) is 0 Å². The minimum atomic E-state index is 0.420. The molecular formula is C21H38. The van der Waals surface area contributed by atoms with E-state index in [0.717, 1.165) is 22.3 Å². The van der Waals surface area contributed by atoms with Gasteiger partial charge in [-0.05, 0) is 41.1 Å². The standard InChI is InChI=1S/C17H26.2C2H6/c1-9-11-17(15(8)13(5)6)16(10-2)14(7)12(3)4;2*1-2/h9-13H,2,7-8H2,1,3-6H3;2*1-2H3/b11-9-,17-16-;;. The summed E-state index contributed by atoms with van der Waals surface area (Å²) in [4.78, 5) is 0. The normalized spacial score (nSPS) is 11.2. The Labute approximate surface area is 135 Å². The molecule has 0 aliphatic rings. The van der Waals surface area contributed by atoms with Crippen LogP contribution in [0.3, 0.4) is 0 Å². The lowest BCUT2D eigenvalue weighted by Gasteiger charge is -2.18. The second kappa shape index (κ2) is 15.1. The summed E-state index contributed by atoms with van der Waals surface area (Å²) < 4.78 is 0. The second-order valence-corrected chi connectivity index (χ2v) is 4.89. The predicted octanol–water partition coefficient (Wildman–Crippen LogP) is 7.52. The molecule has 0 spiro atoms. The van der Waals surface area contributed by atoms with Crippen LogP contribution in [0.25, 0.3) is 0 Å². The van der Waals surface area contributed by atoms with E-state index in [-0.39, 0.29) is 0 Å². The van der Waals surface area contributed by atoms with E-state index in [1.807, 2.05) is 46.8 Å². The van der Waals surface area contributed by atoms with Crippen LogP contribution < -0.4 is 0 Å². The Hall–Kier alpha value is -1.30. The fourth-order valence-corrected chi connectivity index (χ4v) is 1.57.